The number of likely N-dealkylation sites (tertiary alicyclic amines) is 1. The second kappa shape index (κ2) is 3.72. The van der Waals surface area contributed by atoms with Crippen LogP contribution in [0.5, 0.6) is 0 Å². The first kappa shape index (κ1) is 10.4. The molecule has 4 heteroatoms. The molecule has 1 aromatic heterocycles. The molecule has 0 amide bonds. The standard InChI is InChI=1S/C14H18N4/c1-17-5-10-7-18(8-11(10)6-17)13-4-2-3-12-14(13)16-9-15-12/h2-4,9-11H,5-8H2,1H3,(H,15,16). The highest BCUT2D eigenvalue weighted by Crippen LogP contribution is 2.35. The summed E-state index contributed by atoms with van der Waals surface area (Å²) in [6, 6.07) is 6.42. The van der Waals surface area contributed by atoms with Gasteiger partial charge in [0.05, 0.1) is 17.5 Å². The van der Waals surface area contributed by atoms with Crippen LogP contribution in [0.15, 0.2) is 24.5 Å². The lowest BCUT2D eigenvalue weighted by Crippen LogP contribution is -2.26. The Morgan fingerprint density at radius 3 is 2.72 bits per heavy atom. The molecule has 2 aliphatic rings. The molecule has 2 aliphatic heterocycles. The van der Waals surface area contributed by atoms with Crippen molar-refractivity contribution < 1.29 is 0 Å². The number of H-pyrrole nitrogens is 1. The Hall–Kier alpha value is -1.55. The Balaban J connectivity index is 1.67. The van der Waals surface area contributed by atoms with Gasteiger partial charge in [0.25, 0.3) is 0 Å². The van der Waals surface area contributed by atoms with E-state index < -0.39 is 0 Å². The number of rotatable bonds is 1. The van der Waals surface area contributed by atoms with Crippen LogP contribution in [0, 0.1) is 11.8 Å². The summed E-state index contributed by atoms with van der Waals surface area (Å²) in [6.45, 7) is 4.86. The molecule has 94 valence electrons. The lowest BCUT2D eigenvalue weighted by atomic mass is 10.0. The Bertz CT molecular complexity index is 562. The third-order valence-corrected chi connectivity index (χ3v) is 4.44. The van der Waals surface area contributed by atoms with Crippen LogP contribution in [0.25, 0.3) is 11.0 Å². The molecule has 1 N–H and O–H groups in total. The Morgan fingerprint density at radius 1 is 1.17 bits per heavy atom. The summed E-state index contributed by atoms with van der Waals surface area (Å²) in [7, 11) is 2.23. The first-order valence-electron chi connectivity index (χ1n) is 6.67. The molecule has 2 fully saturated rings. The van der Waals surface area contributed by atoms with Crippen LogP contribution in [0.2, 0.25) is 0 Å². The maximum atomic E-state index is 4.46. The van der Waals surface area contributed by atoms with Crippen molar-refractivity contribution in [1.82, 2.24) is 14.9 Å². The van der Waals surface area contributed by atoms with Crippen molar-refractivity contribution in [2.75, 3.05) is 38.1 Å². The molecule has 2 saturated heterocycles. The van der Waals surface area contributed by atoms with Crippen molar-refractivity contribution in [3.63, 3.8) is 0 Å². The van der Waals surface area contributed by atoms with E-state index in [-0.39, 0.29) is 0 Å². The van der Waals surface area contributed by atoms with Crippen molar-refractivity contribution in [2.45, 2.75) is 0 Å². The molecule has 0 saturated carbocycles. The largest absolute Gasteiger partial charge is 0.369 e. The molecule has 0 radical (unpaired) electrons. The zero-order valence-corrected chi connectivity index (χ0v) is 10.6. The number of nitrogens with zero attached hydrogens (tertiary/aromatic N) is 3. The summed E-state index contributed by atoms with van der Waals surface area (Å²) in [5.74, 6) is 1.67. The predicted octanol–water partition coefficient (Wildman–Crippen LogP) is 1.56. The highest BCUT2D eigenvalue weighted by molar-refractivity contribution is 5.88. The third-order valence-electron chi connectivity index (χ3n) is 4.44. The average molecular weight is 242 g/mol. The highest BCUT2D eigenvalue weighted by Gasteiger charge is 2.39. The third kappa shape index (κ3) is 1.45. The van der Waals surface area contributed by atoms with Crippen molar-refractivity contribution in [3.8, 4) is 0 Å². The minimum atomic E-state index is 0.837. The van der Waals surface area contributed by atoms with E-state index in [0.717, 1.165) is 22.9 Å². The fraction of sp³-hybridized carbons (Fsp3) is 0.500. The zero-order valence-electron chi connectivity index (χ0n) is 10.6. The lowest BCUT2D eigenvalue weighted by Gasteiger charge is -2.21. The van der Waals surface area contributed by atoms with Crippen LogP contribution in [0.3, 0.4) is 0 Å². The maximum Gasteiger partial charge on any atom is 0.112 e. The number of aromatic nitrogens is 2. The van der Waals surface area contributed by atoms with E-state index in [4.69, 9.17) is 0 Å². The van der Waals surface area contributed by atoms with Crippen LogP contribution in [-0.2, 0) is 0 Å². The summed E-state index contributed by atoms with van der Waals surface area (Å²) < 4.78 is 0. The lowest BCUT2D eigenvalue weighted by molar-refractivity contribution is 0.387. The Labute approximate surface area is 107 Å². The number of anilines is 1. The molecule has 0 aliphatic carbocycles. The number of fused-ring (bicyclic) bond motifs is 2. The van der Waals surface area contributed by atoms with Gasteiger partial charge in [0.15, 0.2) is 0 Å². The van der Waals surface area contributed by atoms with Gasteiger partial charge in [-0.1, -0.05) is 6.07 Å². The van der Waals surface area contributed by atoms with E-state index in [0.29, 0.717) is 0 Å². The van der Waals surface area contributed by atoms with E-state index in [2.05, 4.69) is 45.0 Å². The summed E-state index contributed by atoms with van der Waals surface area (Å²) in [6.07, 6.45) is 1.79. The monoisotopic (exact) mass is 242 g/mol. The van der Waals surface area contributed by atoms with E-state index >= 15 is 0 Å². The van der Waals surface area contributed by atoms with Crippen LogP contribution in [-0.4, -0.2) is 48.1 Å². The van der Waals surface area contributed by atoms with E-state index in [1.807, 2.05) is 0 Å². The van der Waals surface area contributed by atoms with Crippen LogP contribution in [0.1, 0.15) is 0 Å². The molecule has 4 rings (SSSR count). The van der Waals surface area contributed by atoms with Gasteiger partial charge in [-0.2, -0.15) is 0 Å². The molecule has 2 atom stereocenters. The van der Waals surface area contributed by atoms with Gasteiger partial charge in [-0.05, 0) is 31.0 Å². The number of hydrogen-bond acceptors (Lipinski definition) is 3. The maximum absolute atomic E-state index is 4.46. The molecule has 0 spiro atoms. The first-order chi connectivity index (χ1) is 8.81. The fourth-order valence-corrected chi connectivity index (χ4v) is 3.63. The highest BCUT2D eigenvalue weighted by atomic mass is 15.2. The average Bonchev–Trinajstić information content (AvgIpc) is 3.00. The summed E-state index contributed by atoms with van der Waals surface area (Å²) in [5.41, 5.74) is 3.55. The summed E-state index contributed by atoms with van der Waals surface area (Å²) >= 11 is 0. The number of para-hydroxylation sites is 1. The van der Waals surface area contributed by atoms with Gasteiger partial charge >= 0.3 is 0 Å². The second-order valence-corrected chi connectivity index (χ2v) is 5.72. The molecule has 18 heavy (non-hydrogen) atoms. The SMILES string of the molecule is CN1CC2CN(c3cccc4[nH]cnc34)CC2C1. The fourth-order valence-electron chi connectivity index (χ4n) is 3.63. The number of nitrogens with one attached hydrogen (secondary N) is 1. The van der Waals surface area contributed by atoms with Gasteiger partial charge in [-0.15, -0.1) is 0 Å². The number of hydrogen-bond donors (Lipinski definition) is 1. The molecule has 0 bridgehead atoms. The van der Waals surface area contributed by atoms with Gasteiger partial charge in [-0.25, -0.2) is 4.98 Å². The molecule has 2 unspecified atom stereocenters. The zero-order chi connectivity index (χ0) is 12.1. The number of imidazole rings is 1. The van der Waals surface area contributed by atoms with Gasteiger partial charge < -0.3 is 14.8 Å². The summed E-state index contributed by atoms with van der Waals surface area (Å²) in [5, 5.41) is 0. The van der Waals surface area contributed by atoms with Crippen LogP contribution in [0.4, 0.5) is 5.69 Å². The second-order valence-electron chi connectivity index (χ2n) is 5.72. The van der Waals surface area contributed by atoms with Gasteiger partial charge in [0, 0.05) is 26.2 Å². The quantitative estimate of drug-likeness (QED) is 0.824. The molecule has 1 aromatic carbocycles. The van der Waals surface area contributed by atoms with Crippen molar-refractivity contribution >= 4 is 16.7 Å². The van der Waals surface area contributed by atoms with Crippen LogP contribution < -0.4 is 4.90 Å². The molecule has 4 nitrogen and oxygen atoms in total. The summed E-state index contributed by atoms with van der Waals surface area (Å²) in [4.78, 5) is 12.6. The number of aromatic amines is 1. The molecular formula is C14H18N4. The Kier molecular flexibility index (Phi) is 2.14. The van der Waals surface area contributed by atoms with Crippen LogP contribution >= 0.6 is 0 Å². The van der Waals surface area contributed by atoms with E-state index in [1.165, 1.54) is 31.9 Å². The van der Waals surface area contributed by atoms with Crippen molar-refractivity contribution in [2.24, 2.45) is 11.8 Å². The molecular weight excluding hydrogens is 224 g/mol. The minimum Gasteiger partial charge on any atom is -0.369 e. The predicted molar refractivity (Wildman–Crippen MR) is 72.8 cm³/mol. The number of benzene rings is 1. The van der Waals surface area contributed by atoms with Gasteiger partial charge in [0.1, 0.15) is 5.52 Å². The topological polar surface area (TPSA) is 35.2 Å². The smallest absolute Gasteiger partial charge is 0.112 e. The van der Waals surface area contributed by atoms with Gasteiger partial charge in [0.2, 0.25) is 0 Å². The molecule has 3 heterocycles. The Morgan fingerprint density at radius 2 is 1.94 bits per heavy atom. The van der Waals surface area contributed by atoms with Gasteiger partial charge in [-0.3, -0.25) is 0 Å². The van der Waals surface area contributed by atoms with Crippen molar-refractivity contribution in [3.05, 3.63) is 24.5 Å². The minimum absolute atomic E-state index is 0.837. The van der Waals surface area contributed by atoms with E-state index in [1.54, 1.807) is 6.33 Å². The van der Waals surface area contributed by atoms with Crippen molar-refractivity contribution in [1.29, 1.82) is 0 Å². The first-order valence-corrected chi connectivity index (χ1v) is 6.67. The van der Waals surface area contributed by atoms with E-state index in [9.17, 15) is 0 Å². The normalized spacial score (nSPS) is 28.2. The molecule has 2 aromatic rings.